The van der Waals surface area contributed by atoms with E-state index < -0.39 is 0 Å². The highest BCUT2D eigenvalue weighted by atomic mass is 32.1. The summed E-state index contributed by atoms with van der Waals surface area (Å²) in [5, 5.41) is 12.8. The first-order valence-electron chi connectivity index (χ1n) is 7.09. The molecule has 1 N–H and O–H groups in total. The van der Waals surface area contributed by atoms with E-state index in [4.69, 9.17) is 4.74 Å². The fourth-order valence-corrected chi connectivity index (χ4v) is 3.69. The predicted octanol–water partition coefficient (Wildman–Crippen LogP) is 2.70. The number of carbonyl (C=O) groups excluding carboxylic acids is 1. The van der Waals surface area contributed by atoms with Crippen molar-refractivity contribution in [1.29, 1.82) is 0 Å². The Morgan fingerprint density at radius 3 is 2.74 bits per heavy atom. The van der Waals surface area contributed by atoms with Gasteiger partial charge in [-0.05, 0) is 25.7 Å². The third-order valence-corrected chi connectivity index (χ3v) is 4.85. The summed E-state index contributed by atoms with van der Waals surface area (Å²) in [7, 11) is 0. The van der Waals surface area contributed by atoms with E-state index in [0.717, 1.165) is 17.8 Å². The molecule has 1 saturated carbocycles. The molecule has 1 unspecified atom stereocenters. The van der Waals surface area contributed by atoms with Crippen LogP contribution < -0.4 is 5.32 Å². The van der Waals surface area contributed by atoms with Crippen LogP contribution in [0.4, 0.5) is 5.13 Å². The van der Waals surface area contributed by atoms with Gasteiger partial charge in [0, 0.05) is 12.5 Å². The zero-order valence-electron chi connectivity index (χ0n) is 10.9. The molecule has 1 aromatic rings. The first-order valence-corrected chi connectivity index (χ1v) is 7.90. The number of ether oxygens (including phenoxy) is 1. The monoisotopic (exact) mass is 281 g/mol. The maximum Gasteiger partial charge on any atom is 0.255 e. The summed E-state index contributed by atoms with van der Waals surface area (Å²) >= 11 is 1.52. The summed E-state index contributed by atoms with van der Waals surface area (Å²) in [5.41, 5.74) is 0. The lowest BCUT2D eigenvalue weighted by atomic mass is 9.90. The van der Waals surface area contributed by atoms with Crippen molar-refractivity contribution in [2.24, 2.45) is 0 Å². The van der Waals surface area contributed by atoms with Gasteiger partial charge in [0.25, 0.3) is 5.91 Å². The van der Waals surface area contributed by atoms with Crippen LogP contribution in [0.25, 0.3) is 0 Å². The van der Waals surface area contributed by atoms with Gasteiger partial charge in [-0.1, -0.05) is 30.6 Å². The summed E-state index contributed by atoms with van der Waals surface area (Å²) in [6.07, 6.45) is 7.76. The second kappa shape index (κ2) is 5.96. The molecule has 5 nitrogen and oxygen atoms in total. The minimum Gasteiger partial charge on any atom is -0.368 e. The molecule has 0 aromatic carbocycles. The van der Waals surface area contributed by atoms with E-state index in [1.54, 1.807) is 0 Å². The molecule has 1 atom stereocenters. The molecule has 19 heavy (non-hydrogen) atoms. The predicted molar refractivity (Wildman–Crippen MR) is 73.3 cm³/mol. The number of anilines is 1. The molecule has 2 fully saturated rings. The van der Waals surface area contributed by atoms with Crippen molar-refractivity contribution in [3.63, 3.8) is 0 Å². The number of amides is 1. The van der Waals surface area contributed by atoms with E-state index in [0.29, 0.717) is 17.7 Å². The van der Waals surface area contributed by atoms with Crippen molar-refractivity contribution in [2.75, 3.05) is 11.9 Å². The summed E-state index contributed by atoms with van der Waals surface area (Å²) in [5.74, 6) is 0.462. The van der Waals surface area contributed by atoms with Gasteiger partial charge in [-0.3, -0.25) is 10.1 Å². The van der Waals surface area contributed by atoms with Crippen LogP contribution in [-0.2, 0) is 9.53 Å². The molecule has 0 bridgehead atoms. The Labute approximate surface area is 116 Å². The Morgan fingerprint density at radius 2 is 2.00 bits per heavy atom. The molecule has 1 amide bonds. The van der Waals surface area contributed by atoms with Gasteiger partial charge < -0.3 is 4.74 Å². The fourth-order valence-electron chi connectivity index (χ4n) is 2.77. The lowest BCUT2D eigenvalue weighted by molar-refractivity contribution is -0.124. The number of nitrogens with zero attached hydrogens (tertiary/aromatic N) is 2. The second-order valence-electron chi connectivity index (χ2n) is 5.27. The largest absolute Gasteiger partial charge is 0.368 e. The standard InChI is InChI=1S/C13H19N3O2S/c17-11(10-7-4-8-18-10)14-13-16-15-12(19-13)9-5-2-1-3-6-9/h9-10H,1-8H2,(H,14,16,17). The van der Waals surface area contributed by atoms with Crippen molar-refractivity contribution < 1.29 is 9.53 Å². The molecule has 0 spiro atoms. The number of nitrogens with one attached hydrogen (secondary N) is 1. The van der Waals surface area contributed by atoms with Crippen LogP contribution in [0.5, 0.6) is 0 Å². The van der Waals surface area contributed by atoms with Crippen LogP contribution in [0.2, 0.25) is 0 Å². The Kier molecular flexibility index (Phi) is 4.08. The molecule has 104 valence electrons. The van der Waals surface area contributed by atoms with Crippen molar-refractivity contribution in [1.82, 2.24) is 10.2 Å². The van der Waals surface area contributed by atoms with Crippen molar-refractivity contribution >= 4 is 22.4 Å². The average molecular weight is 281 g/mol. The third-order valence-electron chi connectivity index (χ3n) is 3.85. The highest BCUT2D eigenvalue weighted by molar-refractivity contribution is 7.15. The van der Waals surface area contributed by atoms with Gasteiger partial charge in [0.1, 0.15) is 11.1 Å². The minimum absolute atomic E-state index is 0.0798. The lowest BCUT2D eigenvalue weighted by Crippen LogP contribution is -2.26. The van der Waals surface area contributed by atoms with Gasteiger partial charge in [0.2, 0.25) is 5.13 Å². The summed E-state index contributed by atoms with van der Waals surface area (Å²) in [6, 6.07) is 0. The van der Waals surface area contributed by atoms with Crippen LogP contribution in [0.1, 0.15) is 55.9 Å². The number of aromatic nitrogens is 2. The Morgan fingerprint density at radius 1 is 1.16 bits per heavy atom. The van der Waals surface area contributed by atoms with Gasteiger partial charge in [-0.15, -0.1) is 10.2 Å². The van der Waals surface area contributed by atoms with Crippen LogP contribution in [0.15, 0.2) is 0 Å². The summed E-state index contributed by atoms with van der Waals surface area (Å²) in [4.78, 5) is 11.9. The smallest absolute Gasteiger partial charge is 0.255 e. The zero-order chi connectivity index (χ0) is 13.1. The lowest BCUT2D eigenvalue weighted by Gasteiger charge is -2.18. The molecule has 1 aliphatic carbocycles. The van der Waals surface area contributed by atoms with E-state index in [-0.39, 0.29) is 12.0 Å². The number of rotatable bonds is 3. The minimum atomic E-state index is -0.304. The molecule has 0 radical (unpaired) electrons. The summed E-state index contributed by atoms with van der Waals surface area (Å²) in [6.45, 7) is 0.682. The van der Waals surface area contributed by atoms with E-state index in [2.05, 4.69) is 15.5 Å². The molecule has 2 aliphatic rings. The fraction of sp³-hybridized carbons (Fsp3) is 0.769. The first kappa shape index (κ1) is 13.0. The Bertz CT molecular complexity index is 437. The Hall–Kier alpha value is -1.01. The van der Waals surface area contributed by atoms with E-state index in [1.165, 1.54) is 43.4 Å². The van der Waals surface area contributed by atoms with Crippen LogP contribution in [0, 0.1) is 0 Å². The van der Waals surface area contributed by atoms with E-state index in [1.807, 2.05) is 0 Å². The molecule has 6 heteroatoms. The highest BCUT2D eigenvalue weighted by Gasteiger charge is 2.25. The van der Waals surface area contributed by atoms with Crippen molar-refractivity contribution in [2.45, 2.75) is 57.0 Å². The maximum absolute atomic E-state index is 11.9. The average Bonchev–Trinajstić information content (AvgIpc) is 3.11. The van der Waals surface area contributed by atoms with Crippen LogP contribution in [-0.4, -0.2) is 28.8 Å². The van der Waals surface area contributed by atoms with Crippen LogP contribution in [0.3, 0.4) is 0 Å². The Balaban J connectivity index is 1.59. The molecule has 2 heterocycles. The second-order valence-corrected chi connectivity index (χ2v) is 6.28. The number of hydrogen-bond donors (Lipinski definition) is 1. The molecular weight excluding hydrogens is 262 g/mol. The molecular formula is C13H19N3O2S. The number of hydrogen-bond acceptors (Lipinski definition) is 5. The van der Waals surface area contributed by atoms with Gasteiger partial charge in [0.05, 0.1) is 0 Å². The summed E-state index contributed by atoms with van der Waals surface area (Å²) < 4.78 is 5.35. The van der Waals surface area contributed by atoms with Gasteiger partial charge in [-0.25, -0.2) is 0 Å². The highest BCUT2D eigenvalue weighted by Crippen LogP contribution is 2.35. The quantitative estimate of drug-likeness (QED) is 0.925. The van der Waals surface area contributed by atoms with Gasteiger partial charge >= 0.3 is 0 Å². The van der Waals surface area contributed by atoms with Gasteiger partial charge in [0.15, 0.2) is 0 Å². The van der Waals surface area contributed by atoms with E-state index in [9.17, 15) is 4.79 Å². The normalized spacial score (nSPS) is 24.5. The topological polar surface area (TPSA) is 64.1 Å². The molecule has 1 aromatic heterocycles. The SMILES string of the molecule is O=C(Nc1nnc(C2CCCCC2)s1)C1CCCO1. The van der Waals surface area contributed by atoms with Gasteiger partial charge in [-0.2, -0.15) is 0 Å². The van der Waals surface area contributed by atoms with Crippen molar-refractivity contribution in [3.8, 4) is 0 Å². The molecule has 1 aliphatic heterocycles. The first-order chi connectivity index (χ1) is 9.33. The van der Waals surface area contributed by atoms with E-state index >= 15 is 0 Å². The van der Waals surface area contributed by atoms with Crippen LogP contribution >= 0.6 is 11.3 Å². The van der Waals surface area contributed by atoms with Crippen molar-refractivity contribution in [3.05, 3.63) is 5.01 Å². The maximum atomic E-state index is 11.9. The molecule has 3 rings (SSSR count). The third kappa shape index (κ3) is 3.12. The molecule has 1 saturated heterocycles. The number of carbonyl (C=O) groups is 1. The zero-order valence-corrected chi connectivity index (χ0v) is 11.7.